The third kappa shape index (κ3) is 5.87. The number of benzene rings is 1. The number of halogens is 1. The van der Waals surface area contributed by atoms with Crippen LogP contribution in [0.5, 0.6) is 0 Å². The average molecular weight is 314 g/mol. The van der Waals surface area contributed by atoms with Gasteiger partial charge in [-0.1, -0.05) is 42.1 Å². The molecule has 0 aromatic heterocycles. The maximum absolute atomic E-state index is 8.98. The Labute approximate surface area is 119 Å². The van der Waals surface area contributed by atoms with E-state index in [9.17, 15) is 0 Å². The highest BCUT2D eigenvalue weighted by Crippen LogP contribution is 2.19. The van der Waals surface area contributed by atoms with E-state index in [1.807, 2.05) is 0 Å². The summed E-state index contributed by atoms with van der Waals surface area (Å²) in [6, 6.07) is 8.43. The fourth-order valence-corrected chi connectivity index (χ4v) is 2.28. The lowest BCUT2D eigenvalue weighted by Crippen LogP contribution is -2.26. The van der Waals surface area contributed by atoms with Gasteiger partial charge in [-0.2, -0.15) is 0 Å². The first-order valence-corrected chi connectivity index (χ1v) is 7.68. The highest BCUT2D eigenvalue weighted by Gasteiger charge is 2.05. The Morgan fingerprint density at radius 2 is 1.67 bits per heavy atom. The van der Waals surface area contributed by atoms with Gasteiger partial charge in [-0.15, -0.1) is 0 Å². The van der Waals surface area contributed by atoms with E-state index in [2.05, 4.69) is 52.0 Å². The van der Waals surface area contributed by atoms with Crippen LogP contribution < -0.4 is 4.90 Å². The molecule has 1 aromatic rings. The van der Waals surface area contributed by atoms with E-state index in [-0.39, 0.29) is 6.61 Å². The number of anilines is 1. The second-order valence-corrected chi connectivity index (χ2v) is 5.52. The first-order valence-electron chi connectivity index (χ1n) is 6.89. The molecule has 0 aliphatic heterocycles. The molecule has 1 N–H and O–H groups in total. The summed E-state index contributed by atoms with van der Waals surface area (Å²) in [5.41, 5.74) is 1.25. The van der Waals surface area contributed by atoms with Gasteiger partial charge in [0, 0.05) is 29.9 Å². The fourth-order valence-electron chi connectivity index (χ4n) is 2.01. The number of hydrogen-bond donors (Lipinski definition) is 1. The molecule has 2 nitrogen and oxygen atoms in total. The normalized spacial score (nSPS) is 10.6. The number of hydrogen-bond acceptors (Lipinski definition) is 2. The number of nitrogens with zero attached hydrogens (tertiary/aromatic N) is 1. The zero-order valence-electron chi connectivity index (χ0n) is 11.2. The van der Waals surface area contributed by atoms with Crippen molar-refractivity contribution in [2.45, 2.75) is 39.0 Å². The van der Waals surface area contributed by atoms with Crippen molar-refractivity contribution in [3.05, 3.63) is 28.7 Å². The quantitative estimate of drug-likeness (QED) is 0.690. The molecule has 3 heteroatoms. The maximum atomic E-state index is 8.98. The monoisotopic (exact) mass is 313 g/mol. The average Bonchev–Trinajstić information content (AvgIpc) is 2.39. The molecular weight excluding hydrogens is 290 g/mol. The van der Waals surface area contributed by atoms with Gasteiger partial charge in [-0.3, -0.25) is 0 Å². The molecule has 0 saturated heterocycles. The van der Waals surface area contributed by atoms with Crippen molar-refractivity contribution in [2.75, 3.05) is 24.6 Å². The van der Waals surface area contributed by atoms with Crippen LogP contribution in [-0.2, 0) is 0 Å². The van der Waals surface area contributed by atoms with Crippen LogP contribution in [0.25, 0.3) is 0 Å². The minimum absolute atomic E-state index is 0.266. The van der Waals surface area contributed by atoms with Gasteiger partial charge in [0.2, 0.25) is 0 Å². The van der Waals surface area contributed by atoms with E-state index in [0.29, 0.717) is 0 Å². The minimum atomic E-state index is 0.266. The molecule has 1 aromatic carbocycles. The van der Waals surface area contributed by atoms with Crippen LogP contribution in [0.1, 0.15) is 39.0 Å². The molecule has 0 atom stereocenters. The summed E-state index contributed by atoms with van der Waals surface area (Å²) in [5, 5.41) is 8.98. The van der Waals surface area contributed by atoms with Gasteiger partial charge in [-0.05, 0) is 37.1 Å². The van der Waals surface area contributed by atoms with Crippen molar-refractivity contribution >= 4 is 21.6 Å². The highest BCUT2D eigenvalue weighted by atomic mass is 79.9. The van der Waals surface area contributed by atoms with Gasteiger partial charge in [0.15, 0.2) is 0 Å². The Bertz CT molecular complexity index is 313. The minimum Gasteiger partial charge on any atom is -0.396 e. The summed E-state index contributed by atoms with van der Waals surface area (Å²) >= 11 is 3.46. The van der Waals surface area contributed by atoms with Crippen LogP contribution in [0.3, 0.4) is 0 Å². The smallest absolute Gasteiger partial charge is 0.0447 e. The van der Waals surface area contributed by atoms with Crippen LogP contribution in [0, 0.1) is 0 Å². The standard InChI is InChI=1S/C15H24BrNO/c1-2-3-4-5-11-17(12-6-13-18)15-9-7-14(16)8-10-15/h7-10,18H,2-6,11-13H2,1H3. The summed E-state index contributed by atoms with van der Waals surface area (Å²) in [6.07, 6.45) is 5.95. The van der Waals surface area contributed by atoms with Gasteiger partial charge in [0.05, 0.1) is 0 Å². The molecule has 0 radical (unpaired) electrons. The molecule has 0 bridgehead atoms. The molecule has 0 unspecified atom stereocenters. The Morgan fingerprint density at radius 1 is 1.00 bits per heavy atom. The summed E-state index contributed by atoms with van der Waals surface area (Å²) in [7, 11) is 0. The predicted octanol–water partition coefficient (Wildman–Crippen LogP) is 4.22. The van der Waals surface area contributed by atoms with Crippen molar-refractivity contribution in [3.63, 3.8) is 0 Å². The maximum Gasteiger partial charge on any atom is 0.0447 e. The SMILES string of the molecule is CCCCCCN(CCCO)c1ccc(Br)cc1. The van der Waals surface area contributed by atoms with Crippen molar-refractivity contribution in [3.8, 4) is 0 Å². The first-order chi connectivity index (χ1) is 8.77. The van der Waals surface area contributed by atoms with E-state index in [1.54, 1.807) is 0 Å². The molecule has 0 aliphatic rings. The van der Waals surface area contributed by atoms with Crippen LogP contribution in [0.15, 0.2) is 28.7 Å². The molecule has 1 rings (SSSR count). The first kappa shape index (κ1) is 15.5. The van der Waals surface area contributed by atoms with Crippen LogP contribution in [0.4, 0.5) is 5.69 Å². The Kier molecular flexibility index (Phi) is 8.10. The predicted molar refractivity (Wildman–Crippen MR) is 82.2 cm³/mol. The number of aliphatic hydroxyl groups excluding tert-OH is 1. The molecule has 0 amide bonds. The van der Waals surface area contributed by atoms with Crippen molar-refractivity contribution in [1.82, 2.24) is 0 Å². The summed E-state index contributed by atoms with van der Waals surface area (Å²) in [4.78, 5) is 2.37. The fraction of sp³-hybridized carbons (Fsp3) is 0.600. The van der Waals surface area contributed by atoms with Gasteiger partial charge in [-0.25, -0.2) is 0 Å². The third-order valence-corrected chi connectivity index (χ3v) is 3.59. The molecule has 0 heterocycles. The second-order valence-electron chi connectivity index (χ2n) is 4.60. The van der Waals surface area contributed by atoms with E-state index in [1.165, 1.54) is 31.4 Å². The molecule has 102 valence electrons. The lowest BCUT2D eigenvalue weighted by molar-refractivity contribution is 0.289. The number of aliphatic hydroxyl groups is 1. The van der Waals surface area contributed by atoms with Crippen LogP contribution in [-0.4, -0.2) is 24.8 Å². The molecular formula is C15H24BrNO. The largest absolute Gasteiger partial charge is 0.396 e. The van der Waals surface area contributed by atoms with E-state index < -0.39 is 0 Å². The molecule has 18 heavy (non-hydrogen) atoms. The Hall–Kier alpha value is -0.540. The van der Waals surface area contributed by atoms with Gasteiger partial charge in [0.25, 0.3) is 0 Å². The van der Waals surface area contributed by atoms with Crippen molar-refractivity contribution in [1.29, 1.82) is 0 Å². The van der Waals surface area contributed by atoms with Crippen LogP contribution >= 0.6 is 15.9 Å². The molecule has 0 spiro atoms. The third-order valence-electron chi connectivity index (χ3n) is 3.06. The topological polar surface area (TPSA) is 23.5 Å². The lowest BCUT2D eigenvalue weighted by Gasteiger charge is -2.24. The highest BCUT2D eigenvalue weighted by molar-refractivity contribution is 9.10. The van der Waals surface area contributed by atoms with E-state index in [0.717, 1.165) is 24.0 Å². The summed E-state index contributed by atoms with van der Waals surface area (Å²) in [5.74, 6) is 0. The van der Waals surface area contributed by atoms with E-state index >= 15 is 0 Å². The molecule has 0 aliphatic carbocycles. The lowest BCUT2D eigenvalue weighted by atomic mass is 10.2. The summed E-state index contributed by atoms with van der Waals surface area (Å²) in [6.45, 7) is 4.52. The van der Waals surface area contributed by atoms with Gasteiger partial charge in [0.1, 0.15) is 0 Å². The van der Waals surface area contributed by atoms with Gasteiger partial charge >= 0.3 is 0 Å². The van der Waals surface area contributed by atoms with Crippen molar-refractivity contribution in [2.24, 2.45) is 0 Å². The molecule has 0 fully saturated rings. The van der Waals surface area contributed by atoms with Crippen LogP contribution in [0.2, 0.25) is 0 Å². The number of unbranched alkanes of at least 4 members (excludes halogenated alkanes) is 3. The Morgan fingerprint density at radius 3 is 2.28 bits per heavy atom. The zero-order valence-corrected chi connectivity index (χ0v) is 12.8. The van der Waals surface area contributed by atoms with E-state index in [4.69, 9.17) is 5.11 Å². The number of rotatable bonds is 9. The Balaban J connectivity index is 2.51. The zero-order chi connectivity index (χ0) is 13.2. The second kappa shape index (κ2) is 9.40. The summed E-state index contributed by atoms with van der Waals surface area (Å²) < 4.78 is 1.11. The van der Waals surface area contributed by atoms with Crippen molar-refractivity contribution < 1.29 is 5.11 Å². The molecule has 0 saturated carbocycles. The van der Waals surface area contributed by atoms with Gasteiger partial charge < -0.3 is 10.0 Å².